The normalized spacial score (nSPS) is 12.0. The van der Waals surface area contributed by atoms with E-state index < -0.39 is 10.0 Å². The molecule has 0 aromatic heterocycles. The van der Waals surface area contributed by atoms with Crippen molar-refractivity contribution in [3.8, 4) is 0 Å². The van der Waals surface area contributed by atoms with Crippen LogP contribution in [-0.4, -0.2) is 8.42 Å². The van der Waals surface area contributed by atoms with Gasteiger partial charge >= 0.3 is 0 Å². The van der Waals surface area contributed by atoms with Crippen molar-refractivity contribution in [2.75, 3.05) is 15.8 Å². The van der Waals surface area contributed by atoms with E-state index in [9.17, 15) is 8.42 Å². The Bertz CT molecular complexity index is 1220. The highest BCUT2D eigenvalue weighted by molar-refractivity contribution is 7.92. The third-order valence-corrected chi connectivity index (χ3v) is 6.32. The summed E-state index contributed by atoms with van der Waals surface area (Å²) in [6.07, 6.45) is 3.72. The minimum atomic E-state index is -3.66. The molecule has 0 aliphatic heterocycles. The van der Waals surface area contributed by atoms with Crippen LogP contribution in [0.4, 0.5) is 17.1 Å². The second-order valence-electron chi connectivity index (χ2n) is 8.57. The van der Waals surface area contributed by atoms with Crippen molar-refractivity contribution in [2.45, 2.75) is 31.1 Å². The van der Waals surface area contributed by atoms with Crippen molar-refractivity contribution in [3.05, 3.63) is 102 Å². The highest BCUT2D eigenvalue weighted by atomic mass is 32.2. The van der Waals surface area contributed by atoms with Gasteiger partial charge in [-0.3, -0.25) is 4.72 Å². The first-order chi connectivity index (χ1) is 15.0. The molecular formula is C26H29N3O2S. The van der Waals surface area contributed by atoms with E-state index in [4.69, 9.17) is 5.73 Å². The summed E-state index contributed by atoms with van der Waals surface area (Å²) in [4.78, 5) is 0.233. The van der Waals surface area contributed by atoms with Crippen LogP contribution in [0.3, 0.4) is 0 Å². The molecule has 0 amide bonds. The quantitative estimate of drug-likeness (QED) is 0.306. The average Bonchev–Trinajstić information content (AvgIpc) is 2.74. The van der Waals surface area contributed by atoms with Crippen LogP contribution < -0.4 is 15.8 Å². The molecule has 166 valence electrons. The first-order valence-electron chi connectivity index (χ1n) is 10.3. The van der Waals surface area contributed by atoms with Crippen LogP contribution in [0.5, 0.6) is 0 Å². The van der Waals surface area contributed by atoms with Crippen molar-refractivity contribution in [2.24, 2.45) is 0 Å². The zero-order valence-electron chi connectivity index (χ0n) is 18.6. The molecule has 0 fully saturated rings. The van der Waals surface area contributed by atoms with Crippen LogP contribution in [0.25, 0.3) is 6.08 Å². The third kappa shape index (κ3) is 6.02. The zero-order chi connectivity index (χ0) is 23.4. The van der Waals surface area contributed by atoms with Crippen molar-refractivity contribution in [1.29, 1.82) is 0 Å². The molecule has 5 nitrogen and oxygen atoms in total. The van der Waals surface area contributed by atoms with Crippen LogP contribution in [-0.2, 0) is 15.4 Å². The molecule has 0 aliphatic carbocycles. The monoisotopic (exact) mass is 447 g/mol. The molecule has 0 bridgehead atoms. The van der Waals surface area contributed by atoms with Crippen molar-refractivity contribution >= 4 is 33.2 Å². The van der Waals surface area contributed by atoms with E-state index in [0.717, 1.165) is 16.8 Å². The Kier molecular flexibility index (Phi) is 6.75. The van der Waals surface area contributed by atoms with Gasteiger partial charge in [0, 0.05) is 11.4 Å². The van der Waals surface area contributed by atoms with Gasteiger partial charge in [-0.2, -0.15) is 0 Å². The van der Waals surface area contributed by atoms with E-state index in [2.05, 4.69) is 37.4 Å². The molecule has 3 rings (SSSR count). The Labute approximate surface area is 190 Å². The van der Waals surface area contributed by atoms with Crippen LogP contribution in [0.2, 0.25) is 0 Å². The summed E-state index contributed by atoms with van der Waals surface area (Å²) in [5.41, 5.74) is 10.5. The fraction of sp³-hybridized carbons (Fsp3) is 0.154. The van der Waals surface area contributed by atoms with Crippen molar-refractivity contribution < 1.29 is 8.42 Å². The number of nitrogens with two attached hydrogens (primary N) is 1. The molecule has 0 heterocycles. The standard InChI is InChI=1S/C26H29N3O2S/c1-19(28-25-8-6-5-7-24(25)27)9-10-20-11-15-22(16-12-20)29-32(30,31)23-17-13-21(14-18-23)26(2,3)4/h5-18,28-29H,1,27H2,2-4H3/b10-9+. The molecule has 0 radical (unpaired) electrons. The first kappa shape index (κ1) is 23.2. The molecule has 4 N–H and O–H groups in total. The summed E-state index contributed by atoms with van der Waals surface area (Å²) >= 11 is 0. The highest BCUT2D eigenvalue weighted by Gasteiger charge is 2.17. The summed E-state index contributed by atoms with van der Waals surface area (Å²) in [5, 5.41) is 3.16. The molecular weight excluding hydrogens is 418 g/mol. The van der Waals surface area contributed by atoms with Gasteiger partial charge in [-0.15, -0.1) is 0 Å². The predicted molar refractivity (Wildman–Crippen MR) is 135 cm³/mol. The molecule has 0 unspecified atom stereocenters. The van der Waals surface area contributed by atoms with Crippen molar-refractivity contribution in [1.82, 2.24) is 0 Å². The lowest BCUT2D eigenvalue weighted by molar-refractivity contribution is 0.587. The number of allylic oxidation sites excluding steroid dienone is 1. The number of nitrogens with one attached hydrogen (secondary N) is 2. The fourth-order valence-corrected chi connectivity index (χ4v) is 4.09. The van der Waals surface area contributed by atoms with Crippen LogP contribution in [0.15, 0.2) is 96.0 Å². The number of sulfonamides is 1. The van der Waals surface area contributed by atoms with Gasteiger partial charge < -0.3 is 11.1 Å². The number of rotatable bonds is 7. The highest BCUT2D eigenvalue weighted by Crippen LogP contribution is 2.24. The zero-order valence-corrected chi connectivity index (χ0v) is 19.4. The van der Waals surface area contributed by atoms with Crippen molar-refractivity contribution in [3.63, 3.8) is 0 Å². The number of anilines is 3. The summed E-state index contributed by atoms with van der Waals surface area (Å²) in [7, 11) is -3.66. The molecule has 3 aromatic carbocycles. The van der Waals surface area contributed by atoms with E-state index in [0.29, 0.717) is 17.1 Å². The molecule has 32 heavy (non-hydrogen) atoms. The topological polar surface area (TPSA) is 84.2 Å². The van der Waals surface area contributed by atoms with Gasteiger partial charge in [0.15, 0.2) is 0 Å². The van der Waals surface area contributed by atoms with Gasteiger partial charge in [-0.05, 0) is 59.0 Å². The Morgan fingerprint density at radius 3 is 2.16 bits per heavy atom. The summed E-state index contributed by atoms with van der Waals surface area (Å²) in [6.45, 7) is 10.3. The van der Waals surface area contributed by atoms with E-state index >= 15 is 0 Å². The molecule has 0 atom stereocenters. The number of hydrogen-bond acceptors (Lipinski definition) is 4. The molecule has 3 aromatic rings. The molecule has 0 aliphatic rings. The predicted octanol–water partition coefficient (Wildman–Crippen LogP) is 6.01. The maximum Gasteiger partial charge on any atom is 0.261 e. The van der Waals surface area contributed by atoms with Gasteiger partial charge in [0.05, 0.1) is 16.3 Å². The Hall–Kier alpha value is -3.51. The maximum atomic E-state index is 12.7. The summed E-state index contributed by atoms with van der Waals surface area (Å²) in [5.74, 6) is 0. The largest absolute Gasteiger partial charge is 0.397 e. The van der Waals surface area contributed by atoms with Crippen LogP contribution >= 0.6 is 0 Å². The molecule has 0 saturated carbocycles. The van der Waals surface area contributed by atoms with Gasteiger partial charge in [0.25, 0.3) is 10.0 Å². The molecule has 6 heteroatoms. The lowest BCUT2D eigenvalue weighted by Crippen LogP contribution is -2.14. The third-order valence-electron chi connectivity index (χ3n) is 4.93. The Morgan fingerprint density at radius 1 is 0.938 bits per heavy atom. The number of nitrogen functional groups attached to an aromatic ring is 1. The van der Waals surface area contributed by atoms with E-state index in [1.807, 2.05) is 60.7 Å². The maximum absolute atomic E-state index is 12.7. The van der Waals surface area contributed by atoms with E-state index in [-0.39, 0.29) is 10.3 Å². The Morgan fingerprint density at radius 2 is 1.56 bits per heavy atom. The molecule has 0 spiro atoms. The SMILES string of the molecule is C=C(/C=C/c1ccc(NS(=O)(=O)c2ccc(C(C)(C)C)cc2)cc1)Nc1ccccc1N. The van der Waals surface area contributed by atoms with Crippen LogP contribution in [0, 0.1) is 0 Å². The second kappa shape index (κ2) is 9.32. The van der Waals surface area contributed by atoms with Gasteiger partial charge in [0.1, 0.15) is 0 Å². The summed E-state index contributed by atoms with van der Waals surface area (Å²) < 4.78 is 28.0. The average molecular weight is 448 g/mol. The lowest BCUT2D eigenvalue weighted by atomic mass is 9.87. The lowest BCUT2D eigenvalue weighted by Gasteiger charge is -2.19. The second-order valence-corrected chi connectivity index (χ2v) is 10.3. The fourth-order valence-electron chi connectivity index (χ4n) is 3.03. The number of benzene rings is 3. The number of hydrogen-bond donors (Lipinski definition) is 3. The van der Waals surface area contributed by atoms with Crippen LogP contribution in [0.1, 0.15) is 31.9 Å². The van der Waals surface area contributed by atoms with Gasteiger partial charge in [-0.1, -0.05) is 69.8 Å². The van der Waals surface area contributed by atoms with E-state index in [1.54, 1.807) is 24.3 Å². The first-order valence-corrected chi connectivity index (χ1v) is 11.7. The van der Waals surface area contributed by atoms with E-state index in [1.165, 1.54) is 0 Å². The minimum absolute atomic E-state index is 0.0341. The van der Waals surface area contributed by atoms with Gasteiger partial charge in [-0.25, -0.2) is 8.42 Å². The molecule has 0 saturated heterocycles. The smallest absolute Gasteiger partial charge is 0.261 e. The van der Waals surface area contributed by atoms with Gasteiger partial charge in [0.2, 0.25) is 0 Å². The Balaban J connectivity index is 1.64. The summed E-state index contributed by atoms with van der Waals surface area (Å²) in [6, 6.07) is 21.6. The minimum Gasteiger partial charge on any atom is -0.397 e. The number of para-hydroxylation sites is 2.